The normalized spacial score (nSPS) is 10.9. The van der Waals surface area contributed by atoms with E-state index in [1.807, 2.05) is 91.0 Å². The number of carbonyl (C=O) groups is 1. The monoisotopic (exact) mass is 444 g/mol. The minimum absolute atomic E-state index is 0.122. The van der Waals surface area contributed by atoms with Gasteiger partial charge >= 0.3 is 0 Å². The second-order valence-corrected chi connectivity index (χ2v) is 7.48. The second kappa shape index (κ2) is 10.5. The standard InChI is InChI=1S/C26H21ClN2O3/c27-22-12-8-20(9-13-22)17-31-23-14-10-19(11-15-23)16-28-29-26(30)18-32-25-7-3-5-21-4-1-2-6-24(21)25/h1-16H,17-18H2,(H,29,30)/b28-16+. The van der Waals surface area contributed by atoms with Crippen LogP contribution in [0.25, 0.3) is 10.8 Å². The Kier molecular flexibility index (Phi) is 7.00. The van der Waals surface area contributed by atoms with Gasteiger partial charge in [-0.15, -0.1) is 0 Å². The highest BCUT2D eigenvalue weighted by molar-refractivity contribution is 6.30. The van der Waals surface area contributed by atoms with E-state index in [9.17, 15) is 4.79 Å². The smallest absolute Gasteiger partial charge is 0.277 e. The molecule has 0 radical (unpaired) electrons. The number of hydrazone groups is 1. The fourth-order valence-corrected chi connectivity index (χ4v) is 3.20. The van der Waals surface area contributed by atoms with E-state index in [1.165, 1.54) is 0 Å². The first-order valence-electron chi connectivity index (χ1n) is 10.1. The molecule has 0 heterocycles. The maximum absolute atomic E-state index is 12.1. The van der Waals surface area contributed by atoms with E-state index in [-0.39, 0.29) is 12.5 Å². The Morgan fingerprint density at radius 3 is 2.44 bits per heavy atom. The van der Waals surface area contributed by atoms with Crippen LogP contribution in [0.2, 0.25) is 5.02 Å². The van der Waals surface area contributed by atoms with Gasteiger partial charge in [0.25, 0.3) is 5.91 Å². The maximum atomic E-state index is 12.1. The van der Waals surface area contributed by atoms with Crippen molar-refractivity contribution in [1.29, 1.82) is 0 Å². The van der Waals surface area contributed by atoms with Crippen molar-refractivity contribution >= 4 is 34.5 Å². The summed E-state index contributed by atoms with van der Waals surface area (Å²) in [6.45, 7) is 0.334. The SMILES string of the molecule is O=C(COc1cccc2ccccc12)N/N=C/c1ccc(OCc2ccc(Cl)cc2)cc1. The molecule has 4 aromatic rings. The predicted molar refractivity (Wildman–Crippen MR) is 127 cm³/mol. The summed E-state index contributed by atoms with van der Waals surface area (Å²) in [6.07, 6.45) is 1.57. The number of nitrogens with one attached hydrogen (secondary N) is 1. The summed E-state index contributed by atoms with van der Waals surface area (Å²) in [5.41, 5.74) is 4.35. The van der Waals surface area contributed by atoms with Crippen molar-refractivity contribution in [2.24, 2.45) is 5.10 Å². The number of benzene rings is 4. The molecule has 5 nitrogen and oxygen atoms in total. The van der Waals surface area contributed by atoms with Crippen molar-refractivity contribution in [3.05, 3.63) is 107 Å². The van der Waals surface area contributed by atoms with Crippen LogP contribution in [0.15, 0.2) is 96.1 Å². The summed E-state index contributed by atoms with van der Waals surface area (Å²) >= 11 is 5.89. The molecule has 1 N–H and O–H groups in total. The molecule has 0 saturated carbocycles. The number of fused-ring (bicyclic) bond motifs is 1. The van der Waals surface area contributed by atoms with Crippen LogP contribution in [0.5, 0.6) is 11.5 Å². The van der Waals surface area contributed by atoms with Gasteiger partial charge in [0.05, 0.1) is 6.21 Å². The van der Waals surface area contributed by atoms with Crippen molar-refractivity contribution in [2.45, 2.75) is 6.61 Å². The fraction of sp³-hybridized carbons (Fsp3) is 0.0769. The van der Waals surface area contributed by atoms with Crippen molar-refractivity contribution < 1.29 is 14.3 Å². The Morgan fingerprint density at radius 1 is 0.875 bits per heavy atom. The van der Waals surface area contributed by atoms with Crippen LogP contribution in [-0.2, 0) is 11.4 Å². The van der Waals surface area contributed by atoms with Crippen LogP contribution in [0.1, 0.15) is 11.1 Å². The first-order chi connectivity index (χ1) is 15.7. The Hall–Kier alpha value is -3.83. The summed E-state index contributed by atoms with van der Waals surface area (Å²) in [4.78, 5) is 12.1. The van der Waals surface area contributed by atoms with Gasteiger partial charge in [0, 0.05) is 10.4 Å². The van der Waals surface area contributed by atoms with Crippen LogP contribution in [-0.4, -0.2) is 18.7 Å². The summed E-state index contributed by atoms with van der Waals surface area (Å²) in [6, 6.07) is 28.6. The highest BCUT2D eigenvalue weighted by atomic mass is 35.5. The third kappa shape index (κ3) is 5.86. The number of ether oxygens (including phenoxy) is 2. The summed E-state index contributed by atoms with van der Waals surface area (Å²) in [7, 11) is 0. The van der Waals surface area contributed by atoms with Crippen molar-refractivity contribution in [1.82, 2.24) is 5.43 Å². The van der Waals surface area contributed by atoms with E-state index in [0.29, 0.717) is 17.4 Å². The summed E-state index contributed by atoms with van der Waals surface area (Å²) in [5, 5.41) is 6.71. The van der Waals surface area contributed by atoms with Crippen LogP contribution in [0, 0.1) is 0 Å². The molecule has 0 saturated heterocycles. The first-order valence-corrected chi connectivity index (χ1v) is 10.4. The molecule has 0 aliphatic heterocycles. The molecule has 0 aliphatic rings. The van der Waals surface area contributed by atoms with Crippen LogP contribution in [0.4, 0.5) is 0 Å². The average Bonchev–Trinajstić information content (AvgIpc) is 2.83. The third-order valence-electron chi connectivity index (χ3n) is 4.71. The largest absolute Gasteiger partial charge is 0.489 e. The van der Waals surface area contributed by atoms with E-state index in [0.717, 1.165) is 27.6 Å². The fourth-order valence-electron chi connectivity index (χ4n) is 3.07. The zero-order chi connectivity index (χ0) is 22.2. The number of amides is 1. The lowest BCUT2D eigenvalue weighted by Gasteiger charge is -2.08. The van der Waals surface area contributed by atoms with Crippen LogP contribution >= 0.6 is 11.6 Å². The van der Waals surface area contributed by atoms with Gasteiger partial charge in [0.2, 0.25) is 0 Å². The van der Waals surface area contributed by atoms with Gasteiger partial charge in [-0.25, -0.2) is 5.43 Å². The Labute approximate surface area is 191 Å². The van der Waals surface area contributed by atoms with Crippen molar-refractivity contribution in [3.63, 3.8) is 0 Å². The molecular weight excluding hydrogens is 424 g/mol. The Bertz CT molecular complexity index is 1220. The number of rotatable bonds is 8. The lowest BCUT2D eigenvalue weighted by Crippen LogP contribution is -2.24. The Balaban J connectivity index is 1.24. The molecule has 0 aliphatic carbocycles. The van der Waals surface area contributed by atoms with E-state index in [4.69, 9.17) is 21.1 Å². The zero-order valence-electron chi connectivity index (χ0n) is 17.2. The van der Waals surface area contributed by atoms with Gasteiger partial charge in [-0.1, -0.05) is 60.1 Å². The van der Waals surface area contributed by atoms with Gasteiger partial charge in [0.1, 0.15) is 18.1 Å². The van der Waals surface area contributed by atoms with E-state index >= 15 is 0 Å². The molecule has 0 bridgehead atoms. The van der Waals surface area contributed by atoms with Gasteiger partial charge in [0.15, 0.2) is 6.61 Å². The summed E-state index contributed by atoms with van der Waals surface area (Å²) in [5.74, 6) is 1.07. The van der Waals surface area contributed by atoms with E-state index < -0.39 is 0 Å². The molecular formula is C26H21ClN2O3. The lowest BCUT2D eigenvalue weighted by atomic mass is 10.1. The van der Waals surface area contributed by atoms with Gasteiger partial charge < -0.3 is 9.47 Å². The average molecular weight is 445 g/mol. The molecule has 0 unspecified atom stereocenters. The molecule has 6 heteroatoms. The second-order valence-electron chi connectivity index (χ2n) is 7.04. The van der Waals surface area contributed by atoms with Gasteiger partial charge in [-0.3, -0.25) is 4.79 Å². The highest BCUT2D eigenvalue weighted by Crippen LogP contribution is 2.25. The molecule has 160 valence electrons. The molecule has 0 aromatic heterocycles. The quantitative estimate of drug-likeness (QED) is 0.284. The molecule has 4 aromatic carbocycles. The Morgan fingerprint density at radius 2 is 1.62 bits per heavy atom. The van der Waals surface area contributed by atoms with Gasteiger partial charge in [-0.05, 0) is 59.0 Å². The molecule has 0 fully saturated rings. The molecule has 1 amide bonds. The lowest BCUT2D eigenvalue weighted by molar-refractivity contribution is -0.123. The van der Waals surface area contributed by atoms with Crippen molar-refractivity contribution in [2.75, 3.05) is 6.61 Å². The minimum atomic E-state index is -0.336. The number of hydrogen-bond acceptors (Lipinski definition) is 4. The molecule has 32 heavy (non-hydrogen) atoms. The van der Waals surface area contributed by atoms with Crippen molar-refractivity contribution in [3.8, 4) is 11.5 Å². The van der Waals surface area contributed by atoms with Crippen LogP contribution < -0.4 is 14.9 Å². The zero-order valence-corrected chi connectivity index (χ0v) is 18.0. The predicted octanol–water partition coefficient (Wildman–Crippen LogP) is 5.60. The number of hydrogen-bond donors (Lipinski definition) is 1. The molecule has 0 atom stereocenters. The number of carbonyl (C=O) groups excluding carboxylic acids is 1. The molecule has 4 rings (SSSR count). The number of nitrogens with zero attached hydrogens (tertiary/aromatic N) is 1. The highest BCUT2D eigenvalue weighted by Gasteiger charge is 2.05. The minimum Gasteiger partial charge on any atom is -0.489 e. The number of halogens is 1. The third-order valence-corrected chi connectivity index (χ3v) is 4.96. The molecule has 0 spiro atoms. The van der Waals surface area contributed by atoms with E-state index in [2.05, 4.69) is 10.5 Å². The summed E-state index contributed by atoms with van der Waals surface area (Å²) < 4.78 is 11.4. The van der Waals surface area contributed by atoms with Crippen LogP contribution in [0.3, 0.4) is 0 Å². The van der Waals surface area contributed by atoms with E-state index in [1.54, 1.807) is 6.21 Å². The maximum Gasteiger partial charge on any atom is 0.277 e. The first kappa shape index (κ1) is 21.4. The van der Waals surface area contributed by atoms with Gasteiger partial charge in [-0.2, -0.15) is 5.10 Å². The topological polar surface area (TPSA) is 59.9 Å².